The van der Waals surface area contributed by atoms with Crippen LogP contribution in [-0.4, -0.2) is 16.9 Å². The minimum atomic E-state index is -0.125. The first-order chi connectivity index (χ1) is 9.11. The Kier molecular flexibility index (Phi) is 2.90. The number of hydrogen-bond donors (Lipinski definition) is 1. The smallest absolute Gasteiger partial charge is 0.237 e. The highest BCUT2D eigenvalue weighted by Crippen LogP contribution is 2.44. The number of carbonyl (C=O) groups is 2. The normalized spacial score (nSPS) is 30.0. The summed E-state index contributed by atoms with van der Waals surface area (Å²) in [5.74, 6) is 0.0917. The lowest BCUT2D eigenvalue weighted by atomic mass is 10.00. The van der Waals surface area contributed by atoms with Crippen LogP contribution in [0.25, 0.3) is 0 Å². The van der Waals surface area contributed by atoms with Crippen molar-refractivity contribution in [3.63, 3.8) is 0 Å². The molecule has 4 nitrogen and oxygen atoms in total. The van der Waals surface area contributed by atoms with E-state index in [1.54, 1.807) is 24.3 Å². The molecule has 1 N–H and O–H groups in total. The van der Waals surface area contributed by atoms with Crippen LogP contribution in [0.5, 0.6) is 0 Å². The Balaban J connectivity index is 1.89. The van der Waals surface area contributed by atoms with Gasteiger partial charge in [0.1, 0.15) is 0 Å². The van der Waals surface area contributed by atoms with E-state index in [9.17, 15) is 9.59 Å². The molecule has 0 spiro atoms. The molecule has 1 aromatic carbocycles. The fraction of sp³-hybridized carbons (Fsp3) is 0.467. The molecule has 1 aromatic rings. The van der Waals surface area contributed by atoms with Crippen LogP contribution in [0.3, 0.4) is 0 Å². The van der Waals surface area contributed by atoms with Crippen LogP contribution in [-0.2, 0) is 16.2 Å². The lowest BCUT2D eigenvalue weighted by Crippen LogP contribution is -2.32. The third-order valence-electron chi connectivity index (χ3n) is 4.25. The number of anilines is 1. The zero-order valence-electron chi connectivity index (χ0n) is 10.9. The van der Waals surface area contributed by atoms with Crippen LogP contribution in [0.15, 0.2) is 24.3 Å². The topological polar surface area (TPSA) is 57.6 Å². The summed E-state index contributed by atoms with van der Waals surface area (Å²) in [5.41, 5.74) is 1.39. The number of carbonyl (C=O) groups excluding carboxylic acids is 2. The van der Waals surface area contributed by atoms with E-state index < -0.39 is 0 Å². The zero-order chi connectivity index (χ0) is 13.6. The molecule has 1 aliphatic carbocycles. The van der Waals surface area contributed by atoms with Gasteiger partial charge >= 0.3 is 0 Å². The van der Waals surface area contributed by atoms with Crippen molar-refractivity contribution in [3.05, 3.63) is 29.8 Å². The predicted octanol–water partition coefficient (Wildman–Crippen LogP) is 1.71. The van der Waals surface area contributed by atoms with Crippen molar-refractivity contribution in [1.82, 2.24) is 0 Å². The third-order valence-corrected chi connectivity index (χ3v) is 4.25. The van der Waals surface area contributed by atoms with Crippen molar-refractivity contribution in [3.8, 4) is 0 Å². The van der Waals surface area contributed by atoms with Gasteiger partial charge in [-0.3, -0.25) is 14.5 Å². The number of benzene rings is 1. The van der Waals surface area contributed by atoms with E-state index in [2.05, 4.69) is 6.92 Å². The minimum Gasteiger partial charge on any atom is -0.392 e. The number of aliphatic hydroxyl groups excluding tert-OH is 1. The highest BCUT2D eigenvalue weighted by atomic mass is 16.3. The summed E-state index contributed by atoms with van der Waals surface area (Å²) < 4.78 is 0. The number of aliphatic hydroxyl groups is 1. The quantitative estimate of drug-likeness (QED) is 0.823. The van der Waals surface area contributed by atoms with E-state index in [1.807, 2.05) is 0 Å². The molecular weight excluding hydrogens is 242 g/mol. The van der Waals surface area contributed by atoms with Crippen LogP contribution >= 0.6 is 0 Å². The molecule has 19 heavy (non-hydrogen) atoms. The molecule has 1 saturated carbocycles. The van der Waals surface area contributed by atoms with E-state index in [1.165, 1.54) is 4.90 Å². The summed E-state index contributed by atoms with van der Waals surface area (Å²) in [6, 6.07) is 6.94. The first-order valence-corrected chi connectivity index (χ1v) is 6.69. The first-order valence-electron chi connectivity index (χ1n) is 6.69. The van der Waals surface area contributed by atoms with Crippen LogP contribution in [0.4, 0.5) is 5.69 Å². The Morgan fingerprint density at radius 3 is 2.11 bits per heavy atom. The minimum absolute atomic E-state index is 0.0368. The maximum absolute atomic E-state index is 12.4. The standard InChI is InChI=1S/C15H17NO3/c1-9-6-12-13(7-9)15(19)16(14(12)18)11-4-2-10(8-17)3-5-11/h2-5,9,12-13,17H,6-8H2,1H3. The summed E-state index contributed by atoms with van der Waals surface area (Å²) in [4.78, 5) is 26.0. The predicted molar refractivity (Wildman–Crippen MR) is 70.2 cm³/mol. The molecule has 2 fully saturated rings. The van der Waals surface area contributed by atoms with Crippen molar-refractivity contribution < 1.29 is 14.7 Å². The molecule has 4 heteroatoms. The zero-order valence-corrected chi connectivity index (χ0v) is 10.9. The second-order valence-corrected chi connectivity index (χ2v) is 5.63. The van der Waals surface area contributed by atoms with Crippen LogP contribution in [0.2, 0.25) is 0 Å². The Hall–Kier alpha value is -1.68. The summed E-state index contributed by atoms with van der Waals surface area (Å²) >= 11 is 0. The molecule has 3 rings (SSSR count). The summed E-state index contributed by atoms with van der Waals surface area (Å²) in [7, 11) is 0. The number of rotatable bonds is 2. The van der Waals surface area contributed by atoms with Gasteiger partial charge in [-0.25, -0.2) is 0 Å². The van der Waals surface area contributed by atoms with Gasteiger partial charge in [0, 0.05) is 0 Å². The fourth-order valence-electron chi connectivity index (χ4n) is 3.28. The molecule has 2 atom stereocenters. The van der Waals surface area contributed by atoms with Gasteiger partial charge in [0.2, 0.25) is 11.8 Å². The van der Waals surface area contributed by atoms with Gasteiger partial charge in [-0.15, -0.1) is 0 Å². The number of fused-ring (bicyclic) bond motifs is 1. The third kappa shape index (κ3) is 1.87. The highest BCUT2D eigenvalue weighted by Gasteiger charge is 2.52. The van der Waals surface area contributed by atoms with Gasteiger partial charge in [-0.05, 0) is 36.5 Å². The molecule has 0 radical (unpaired) electrons. The Morgan fingerprint density at radius 2 is 1.63 bits per heavy atom. The average molecular weight is 259 g/mol. The molecule has 100 valence electrons. The second-order valence-electron chi connectivity index (χ2n) is 5.63. The number of imide groups is 1. The molecule has 2 aliphatic rings. The molecule has 1 heterocycles. The number of amides is 2. The van der Waals surface area contributed by atoms with Crippen LogP contribution in [0.1, 0.15) is 25.3 Å². The molecule has 2 unspecified atom stereocenters. The van der Waals surface area contributed by atoms with Crippen LogP contribution in [0, 0.1) is 17.8 Å². The fourth-order valence-corrected chi connectivity index (χ4v) is 3.28. The average Bonchev–Trinajstić information content (AvgIpc) is 2.90. The molecule has 0 aromatic heterocycles. The van der Waals surface area contributed by atoms with Crippen molar-refractivity contribution in [2.24, 2.45) is 17.8 Å². The van der Waals surface area contributed by atoms with Gasteiger partial charge in [0.15, 0.2) is 0 Å². The molecule has 2 amide bonds. The summed E-state index contributed by atoms with van der Waals surface area (Å²) in [6.07, 6.45) is 1.64. The lowest BCUT2D eigenvalue weighted by molar-refractivity contribution is -0.123. The van der Waals surface area contributed by atoms with E-state index in [4.69, 9.17) is 5.11 Å². The maximum Gasteiger partial charge on any atom is 0.237 e. The van der Waals surface area contributed by atoms with Crippen molar-refractivity contribution in [1.29, 1.82) is 0 Å². The van der Waals surface area contributed by atoms with Gasteiger partial charge in [-0.2, -0.15) is 0 Å². The largest absolute Gasteiger partial charge is 0.392 e. The van der Waals surface area contributed by atoms with Gasteiger partial charge < -0.3 is 5.11 Å². The maximum atomic E-state index is 12.4. The van der Waals surface area contributed by atoms with Gasteiger partial charge in [0.05, 0.1) is 24.1 Å². The second kappa shape index (κ2) is 4.46. The van der Waals surface area contributed by atoms with E-state index in [0.29, 0.717) is 11.6 Å². The highest BCUT2D eigenvalue weighted by molar-refractivity contribution is 6.22. The lowest BCUT2D eigenvalue weighted by Gasteiger charge is -2.17. The number of hydrogen-bond acceptors (Lipinski definition) is 3. The summed E-state index contributed by atoms with van der Waals surface area (Å²) in [6.45, 7) is 2.06. The SMILES string of the molecule is CC1CC2C(=O)N(c3ccc(CO)cc3)C(=O)C2C1. The monoisotopic (exact) mass is 259 g/mol. The van der Waals surface area contributed by atoms with Crippen molar-refractivity contribution >= 4 is 17.5 Å². The van der Waals surface area contributed by atoms with Crippen LogP contribution < -0.4 is 4.90 Å². The van der Waals surface area contributed by atoms with E-state index in [-0.39, 0.29) is 30.3 Å². The van der Waals surface area contributed by atoms with E-state index in [0.717, 1.165) is 18.4 Å². The van der Waals surface area contributed by atoms with Crippen molar-refractivity contribution in [2.45, 2.75) is 26.4 Å². The van der Waals surface area contributed by atoms with Crippen molar-refractivity contribution in [2.75, 3.05) is 4.90 Å². The Labute approximate surface area is 112 Å². The first kappa shape index (κ1) is 12.4. The Morgan fingerprint density at radius 1 is 1.11 bits per heavy atom. The van der Waals surface area contributed by atoms with Gasteiger partial charge in [0.25, 0.3) is 0 Å². The Bertz CT molecular complexity index is 499. The molecule has 0 bridgehead atoms. The number of nitrogens with zero attached hydrogens (tertiary/aromatic N) is 1. The van der Waals surface area contributed by atoms with Gasteiger partial charge in [-0.1, -0.05) is 19.1 Å². The summed E-state index contributed by atoms with van der Waals surface area (Å²) in [5, 5.41) is 9.01. The molecular formula is C15H17NO3. The molecule has 1 aliphatic heterocycles. The molecule has 1 saturated heterocycles. The van der Waals surface area contributed by atoms with E-state index >= 15 is 0 Å².